The Morgan fingerprint density at radius 3 is 3.00 bits per heavy atom. The van der Waals surface area contributed by atoms with Gasteiger partial charge in [-0.3, -0.25) is 4.68 Å². The van der Waals surface area contributed by atoms with Crippen molar-refractivity contribution in [1.29, 1.82) is 0 Å². The molecular formula is C14H17N7. The van der Waals surface area contributed by atoms with E-state index in [1.54, 1.807) is 10.9 Å². The van der Waals surface area contributed by atoms with Gasteiger partial charge in [-0.2, -0.15) is 5.10 Å². The fraction of sp³-hybridized carbons (Fsp3) is 0.429. The molecule has 0 radical (unpaired) electrons. The number of hydrogen-bond donors (Lipinski definition) is 1. The Morgan fingerprint density at radius 1 is 1.24 bits per heavy atom. The predicted octanol–water partition coefficient (Wildman–Crippen LogP) is 1.07. The molecule has 1 aliphatic carbocycles. The molecular weight excluding hydrogens is 266 g/mol. The van der Waals surface area contributed by atoms with Crippen LogP contribution in [0.25, 0.3) is 11.0 Å². The summed E-state index contributed by atoms with van der Waals surface area (Å²) in [5.41, 5.74) is 9.31. The first kappa shape index (κ1) is 12.3. The quantitative estimate of drug-likeness (QED) is 0.760. The molecule has 0 spiro atoms. The van der Waals surface area contributed by atoms with Crippen LogP contribution in [0.5, 0.6) is 0 Å². The molecule has 108 valence electrons. The zero-order valence-electron chi connectivity index (χ0n) is 12.0. The first-order valence-electron chi connectivity index (χ1n) is 7.19. The standard InChI is InChI=1S/C14H17N7/c1-20-14-9(6-17-20)13(15)18-12(19-14)7-21-8-16-10-4-2-3-5-11(10)21/h6,8H,2-5,7H2,1H3,(H2,15,18,19). The second-order valence-electron chi connectivity index (χ2n) is 5.50. The molecule has 0 aliphatic heterocycles. The van der Waals surface area contributed by atoms with Gasteiger partial charge in [-0.1, -0.05) is 0 Å². The Labute approximate surface area is 121 Å². The Balaban J connectivity index is 1.74. The van der Waals surface area contributed by atoms with Crippen LogP contribution in [0.15, 0.2) is 12.5 Å². The van der Waals surface area contributed by atoms with Gasteiger partial charge >= 0.3 is 0 Å². The minimum Gasteiger partial charge on any atom is -0.383 e. The smallest absolute Gasteiger partial charge is 0.163 e. The predicted molar refractivity (Wildman–Crippen MR) is 78.7 cm³/mol. The molecule has 3 heterocycles. The van der Waals surface area contributed by atoms with Crippen LogP contribution in [0.4, 0.5) is 5.82 Å². The third-order valence-corrected chi connectivity index (χ3v) is 4.09. The summed E-state index contributed by atoms with van der Waals surface area (Å²) >= 11 is 0. The lowest BCUT2D eigenvalue weighted by Crippen LogP contribution is -2.12. The molecule has 2 N–H and O–H groups in total. The average Bonchev–Trinajstić information content (AvgIpc) is 3.05. The van der Waals surface area contributed by atoms with E-state index in [0.717, 1.165) is 23.9 Å². The average molecular weight is 283 g/mol. The van der Waals surface area contributed by atoms with E-state index in [1.807, 2.05) is 13.4 Å². The van der Waals surface area contributed by atoms with Crippen molar-refractivity contribution in [2.45, 2.75) is 32.2 Å². The third-order valence-electron chi connectivity index (χ3n) is 4.09. The number of aromatic nitrogens is 6. The molecule has 0 unspecified atom stereocenters. The van der Waals surface area contributed by atoms with Crippen LogP contribution in [0.1, 0.15) is 30.1 Å². The Morgan fingerprint density at radius 2 is 2.10 bits per heavy atom. The first-order valence-corrected chi connectivity index (χ1v) is 7.19. The van der Waals surface area contributed by atoms with Crippen molar-refractivity contribution in [2.24, 2.45) is 7.05 Å². The number of hydrogen-bond acceptors (Lipinski definition) is 5. The second kappa shape index (κ2) is 4.54. The van der Waals surface area contributed by atoms with Gasteiger partial charge in [0.2, 0.25) is 0 Å². The lowest BCUT2D eigenvalue weighted by molar-refractivity contribution is 0.620. The van der Waals surface area contributed by atoms with E-state index < -0.39 is 0 Å². The molecule has 1 aliphatic rings. The molecule has 7 heteroatoms. The van der Waals surface area contributed by atoms with Gasteiger partial charge < -0.3 is 10.3 Å². The number of fused-ring (bicyclic) bond motifs is 2. The first-order chi connectivity index (χ1) is 10.2. The fourth-order valence-electron chi connectivity index (χ4n) is 2.98. The van der Waals surface area contributed by atoms with Crippen molar-refractivity contribution in [3.05, 3.63) is 29.7 Å². The van der Waals surface area contributed by atoms with Gasteiger partial charge in [0.25, 0.3) is 0 Å². The van der Waals surface area contributed by atoms with E-state index in [4.69, 9.17) is 5.73 Å². The van der Waals surface area contributed by atoms with Crippen molar-refractivity contribution in [3.63, 3.8) is 0 Å². The van der Waals surface area contributed by atoms with Gasteiger partial charge in [-0.25, -0.2) is 15.0 Å². The molecule has 0 fully saturated rings. The van der Waals surface area contributed by atoms with Crippen molar-refractivity contribution >= 4 is 16.9 Å². The van der Waals surface area contributed by atoms with Gasteiger partial charge in [0.1, 0.15) is 5.82 Å². The summed E-state index contributed by atoms with van der Waals surface area (Å²) in [4.78, 5) is 13.5. The van der Waals surface area contributed by atoms with E-state index in [2.05, 4.69) is 24.6 Å². The molecule has 7 nitrogen and oxygen atoms in total. The van der Waals surface area contributed by atoms with Gasteiger partial charge in [-0.05, 0) is 25.7 Å². The van der Waals surface area contributed by atoms with Crippen LogP contribution in [-0.4, -0.2) is 29.3 Å². The maximum Gasteiger partial charge on any atom is 0.163 e. The highest BCUT2D eigenvalue weighted by Gasteiger charge is 2.16. The molecule has 0 amide bonds. The molecule has 0 atom stereocenters. The van der Waals surface area contributed by atoms with Gasteiger partial charge in [0, 0.05) is 12.7 Å². The number of rotatable bonds is 2. The largest absolute Gasteiger partial charge is 0.383 e. The number of nitrogens with zero attached hydrogens (tertiary/aromatic N) is 6. The molecule has 21 heavy (non-hydrogen) atoms. The van der Waals surface area contributed by atoms with Crippen LogP contribution >= 0.6 is 0 Å². The van der Waals surface area contributed by atoms with E-state index in [9.17, 15) is 0 Å². The minimum atomic E-state index is 0.483. The number of nitrogens with two attached hydrogens (primary N) is 1. The normalized spacial score (nSPS) is 14.5. The van der Waals surface area contributed by atoms with Crippen molar-refractivity contribution in [3.8, 4) is 0 Å². The highest BCUT2D eigenvalue weighted by molar-refractivity contribution is 5.84. The zero-order valence-corrected chi connectivity index (χ0v) is 12.0. The van der Waals surface area contributed by atoms with Crippen LogP contribution < -0.4 is 5.73 Å². The van der Waals surface area contributed by atoms with Crippen LogP contribution in [0.2, 0.25) is 0 Å². The molecule has 3 aromatic rings. The molecule has 3 aromatic heterocycles. The van der Waals surface area contributed by atoms with Crippen molar-refractivity contribution < 1.29 is 0 Å². The van der Waals surface area contributed by atoms with Gasteiger partial charge in [0.15, 0.2) is 11.5 Å². The highest BCUT2D eigenvalue weighted by atomic mass is 15.3. The van der Waals surface area contributed by atoms with Gasteiger partial charge in [-0.15, -0.1) is 0 Å². The molecule has 0 bridgehead atoms. The molecule has 4 rings (SSSR count). The Hall–Kier alpha value is -2.44. The summed E-state index contributed by atoms with van der Waals surface area (Å²) in [7, 11) is 1.86. The minimum absolute atomic E-state index is 0.483. The van der Waals surface area contributed by atoms with Crippen molar-refractivity contribution in [2.75, 3.05) is 5.73 Å². The zero-order chi connectivity index (χ0) is 14.4. The number of imidazole rings is 1. The second-order valence-corrected chi connectivity index (χ2v) is 5.50. The maximum atomic E-state index is 6.01. The van der Waals surface area contributed by atoms with Crippen LogP contribution in [0.3, 0.4) is 0 Å². The van der Waals surface area contributed by atoms with Crippen molar-refractivity contribution in [1.82, 2.24) is 29.3 Å². The molecule has 0 saturated carbocycles. The van der Waals surface area contributed by atoms with E-state index in [1.165, 1.54) is 24.2 Å². The van der Waals surface area contributed by atoms with E-state index >= 15 is 0 Å². The summed E-state index contributed by atoms with van der Waals surface area (Å²) in [6.07, 6.45) is 8.21. The maximum absolute atomic E-state index is 6.01. The fourth-order valence-corrected chi connectivity index (χ4v) is 2.98. The van der Waals surface area contributed by atoms with Crippen LogP contribution in [-0.2, 0) is 26.4 Å². The highest BCUT2D eigenvalue weighted by Crippen LogP contribution is 2.21. The summed E-state index contributed by atoms with van der Waals surface area (Å²) in [5, 5.41) is 4.98. The molecule has 0 aromatic carbocycles. The van der Waals surface area contributed by atoms with E-state index in [0.29, 0.717) is 18.2 Å². The van der Waals surface area contributed by atoms with Crippen LogP contribution in [0, 0.1) is 0 Å². The molecule has 0 saturated heterocycles. The summed E-state index contributed by atoms with van der Waals surface area (Å²) in [6, 6.07) is 0. The number of anilines is 1. The lowest BCUT2D eigenvalue weighted by atomic mass is 10.0. The SMILES string of the molecule is Cn1ncc2c(N)nc(Cn3cnc4c3CCCC4)nc21. The lowest BCUT2D eigenvalue weighted by Gasteiger charge is -2.13. The number of nitrogen functional groups attached to an aromatic ring is 1. The topological polar surface area (TPSA) is 87.4 Å². The summed E-state index contributed by atoms with van der Waals surface area (Å²) in [5.74, 6) is 1.19. The summed E-state index contributed by atoms with van der Waals surface area (Å²) in [6.45, 7) is 0.605. The van der Waals surface area contributed by atoms with Gasteiger partial charge in [0.05, 0.1) is 30.1 Å². The van der Waals surface area contributed by atoms with E-state index in [-0.39, 0.29) is 0 Å². The monoisotopic (exact) mass is 283 g/mol. The summed E-state index contributed by atoms with van der Waals surface area (Å²) < 4.78 is 3.87. The number of aryl methyl sites for hydroxylation is 2. The Bertz CT molecular complexity index is 814. The Kier molecular flexibility index (Phi) is 2.66. The third kappa shape index (κ3) is 1.96.